The molecule has 10 heavy (non-hydrogen) atoms. The van der Waals surface area contributed by atoms with Crippen molar-refractivity contribution in [2.24, 2.45) is 5.92 Å². The average Bonchev–Trinajstić information content (AvgIpc) is 1.88. The van der Waals surface area contributed by atoms with E-state index in [0.29, 0.717) is 5.78 Å². The smallest absolute Gasteiger partial charge is 0.133 e. The summed E-state index contributed by atoms with van der Waals surface area (Å²) in [6, 6.07) is 0. The van der Waals surface area contributed by atoms with Crippen molar-refractivity contribution in [1.82, 2.24) is 0 Å². The Balaban J connectivity index is 2.25. The lowest BCUT2D eigenvalue weighted by Crippen LogP contribution is -2.14. The van der Waals surface area contributed by atoms with E-state index in [2.05, 4.69) is 6.92 Å². The Morgan fingerprint density at radius 2 is 2.40 bits per heavy atom. The van der Waals surface area contributed by atoms with Crippen LogP contribution in [0.5, 0.6) is 0 Å². The van der Waals surface area contributed by atoms with Gasteiger partial charge in [0.2, 0.25) is 0 Å². The Hall–Kier alpha value is -0.330. The summed E-state index contributed by atoms with van der Waals surface area (Å²) in [4.78, 5) is 10.9. The number of carbonyl (C=O) groups excluding carboxylic acids is 1. The summed E-state index contributed by atoms with van der Waals surface area (Å²) in [5.74, 6) is 1.22. The molecule has 0 heterocycles. The molecule has 0 aromatic carbocycles. The minimum Gasteiger partial charge on any atom is -0.300 e. The first-order valence-electron chi connectivity index (χ1n) is 4.34. The standard InChI is InChI=1S/C9H16O/c1-2-4-8-5-3-6-9(10)7-8/h8H,2-7H2,1H3/t8-/m1/s1. The van der Waals surface area contributed by atoms with E-state index in [9.17, 15) is 4.79 Å². The second-order valence-corrected chi connectivity index (χ2v) is 3.29. The highest BCUT2D eigenvalue weighted by Gasteiger charge is 2.17. The second-order valence-electron chi connectivity index (χ2n) is 3.29. The lowest BCUT2D eigenvalue weighted by Gasteiger charge is -2.19. The first-order chi connectivity index (χ1) is 4.83. The van der Waals surface area contributed by atoms with Crippen molar-refractivity contribution in [3.63, 3.8) is 0 Å². The minimum absolute atomic E-state index is 0.490. The monoisotopic (exact) mass is 140 g/mol. The molecule has 0 spiro atoms. The molecular formula is C9H16O. The molecule has 1 heteroatoms. The largest absolute Gasteiger partial charge is 0.300 e. The number of carbonyl (C=O) groups is 1. The molecule has 0 radical (unpaired) electrons. The molecule has 1 saturated carbocycles. The molecule has 1 aliphatic rings. The zero-order valence-electron chi connectivity index (χ0n) is 6.73. The van der Waals surface area contributed by atoms with Crippen molar-refractivity contribution >= 4 is 5.78 Å². The third kappa shape index (κ3) is 2.13. The molecule has 0 aromatic rings. The zero-order chi connectivity index (χ0) is 7.40. The van der Waals surface area contributed by atoms with Gasteiger partial charge in [0, 0.05) is 12.8 Å². The predicted octanol–water partition coefficient (Wildman–Crippen LogP) is 2.55. The van der Waals surface area contributed by atoms with Crippen molar-refractivity contribution in [1.29, 1.82) is 0 Å². The minimum atomic E-state index is 0.490. The van der Waals surface area contributed by atoms with Crippen molar-refractivity contribution < 1.29 is 4.79 Å². The maximum absolute atomic E-state index is 10.9. The molecule has 0 bridgehead atoms. The lowest BCUT2D eigenvalue weighted by atomic mass is 9.85. The molecule has 0 saturated heterocycles. The topological polar surface area (TPSA) is 17.1 Å². The highest BCUT2D eigenvalue weighted by atomic mass is 16.1. The predicted molar refractivity (Wildman–Crippen MR) is 41.9 cm³/mol. The molecule has 0 aliphatic heterocycles. The van der Waals surface area contributed by atoms with Crippen molar-refractivity contribution in [2.45, 2.75) is 45.4 Å². The van der Waals surface area contributed by atoms with Crippen LogP contribution < -0.4 is 0 Å². The van der Waals surface area contributed by atoms with Crippen LogP contribution in [-0.2, 0) is 4.79 Å². The molecule has 1 aliphatic carbocycles. The quantitative estimate of drug-likeness (QED) is 0.576. The molecule has 0 aromatic heterocycles. The van der Waals surface area contributed by atoms with E-state index in [-0.39, 0.29) is 0 Å². The van der Waals surface area contributed by atoms with Crippen LogP contribution in [0.1, 0.15) is 45.4 Å². The Labute approximate surface area is 62.8 Å². The van der Waals surface area contributed by atoms with E-state index in [1.54, 1.807) is 0 Å². The maximum Gasteiger partial charge on any atom is 0.133 e. The van der Waals surface area contributed by atoms with Crippen LogP contribution in [-0.4, -0.2) is 5.78 Å². The highest BCUT2D eigenvalue weighted by molar-refractivity contribution is 5.79. The van der Waals surface area contributed by atoms with Gasteiger partial charge in [0.15, 0.2) is 0 Å². The fraction of sp³-hybridized carbons (Fsp3) is 0.889. The van der Waals surface area contributed by atoms with Gasteiger partial charge >= 0.3 is 0 Å². The first-order valence-corrected chi connectivity index (χ1v) is 4.34. The summed E-state index contributed by atoms with van der Waals surface area (Å²) in [6.07, 6.45) is 6.64. The van der Waals surface area contributed by atoms with Crippen LogP contribution in [0.2, 0.25) is 0 Å². The zero-order valence-corrected chi connectivity index (χ0v) is 6.73. The molecule has 0 N–H and O–H groups in total. The third-order valence-corrected chi connectivity index (χ3v) is 2.28. The van der Waals surface area contributed by atoms with Crippen LogP contribution in [0.15, 0.2) is 0 Å². The van der Waals surface area contributed by atoms with Crippen LogP contribution in [0.3, 0.4) is 0 Å². The molecular weight excluding hydrogens is 124 g/mol. The Morgan fingerprint density at radius 3 is 3.00 bits per heavy atom. The fourth-order valence-electron chi connectivity index (χ4n) is 1.77. The van der Waals surface area contributed by atoms with E-state index in [0.717, 1.165) is 25.2 Å². The SMILES string of the molecule is CCC[C@@H]1CCCC(=O)C1. The van der Waals surface area contributed by atoms with Crippen LogP contribution >= 0.6 is 0 Å². The normalized spacial score (nSPS) is 26.9. The molecule has 58 valence electrons. The van der Waals surface area contributed by atoms with Gasteiger partial charge in [-0.25, -0.2) is 0 Å². The molecule has 0 amide bonds. The van der Waals surface area contributed by atoms with Gasteiger partial charge in [-0.2, -0.15) is 0 Å². The van der Waals surface area contributed by atoms with Crippen molar-refractivity contribution in [3.05, 3.63) is 0 Å². The van der Waals surface area contributed by atoms with E-state index in [4.69, 9.17) is 0 Å². The number of Topliss-reactive ketones (excluding diaryl/α,β-unsaturated/α-hetero) is 1. The Bertz CT molecular complexity index is 116. The van der Waals surface area contributed by atoms with Crippen molar-refractivity contribution in [2.75, 3.05) is 0 Å². The van der Waals surface area contributed by atoms with Crippen molar-refractivity contribution in [3.8, 4) is 0 Å². The third-order valence-electron chi connectivity index (χ3n) is 2.28. The second kappa shape index (κ2) is 3.75. The van der Waals surface area contributed by atoms with Crippen LogP contribution in [0.25, 0.3) is 0 Å². The number of hydrogen-bond donors (Lipinski definition) is 0. The van der Waals surface area contributed by atoms with Gasteiger partial charge in [-0.15, -0.1) is 0 Å². The van der Waals surface area contributed by atoms with E-state index in [1.807, 2.05) is 0 Å². The Morgan fingerprint density at radius 1 is 1.60 bits per heavy atom. The summed E-state index contributed by atoms with van der Waals surface area (Å²) in [7, 11) is 0. The lowest BCUT2D eigenvalue weighted by molar-refractivity contribution is -0.121. The number of hydrogen-bond acceptors (Lipinski definition) is 1. The summed E-state index contributed by atoms with van der Waals surface area (Å²) in [5, 5.41) is 0. The molecule has 1 rings (SSSR count). The number of ketones is 1. The van der Waals surface area contributed by atoms with Crippen LogP contribution in [0.4, 0.5) is 0 Å². The average molecular weight is 140 g/mol. The van der Waals surface area contributed by atoms with Gasteiger partial charge < -0.3 is 0 Å². The fourth-order valence-corrected chi connectivity index (χ4v) is 1.77. The number of rotatable bonds is 2. The summed E-state index contributed by atoms with van der Waals surface area (Å²) >= 11 is 0. The summed E-state index contributed by atoms with van der Waals surface area (Å²) < 4.78 is 0. The van der Waals surface area contributed by atoms with E-state index < -0.39 is 0 Å². The van der Waals surface area contributed by atoms with E-state index in [1.165, 1.54) is 19.3 Å². The molecule has 0 unspecified atom stereocenters. The van der Waals surface area contributed by atoms with Gasteiger partial charge in [-0.1, -0.05) is 19.8 Å². The summed E-state index contributed by atoms with van der Waals surface area (Å²) in [6.45, 7) is 2.19. The van der Waals surface area contributed by atoms with Gasteiger partial charge in [-0.05, 0) is 18.8 Å². The summed E-state index contributed by atoms with van der Waals surface area (Å²) in [5.41, 5.74) is 0. The molecule has 1 atom stereocenters. The Kier molecular flexibility index (Phi) is 2.91. The maximum atomic E-state index is 10.9. The van der Waals surface area contributed by atoms with Gasteiger partial charge in [0.1, 0.15) is 5.78 Å². The highest BCUT2D eigenvalue weighted by Crippen LogP contribution is 2.24. The van der Waals surface area contributed by atoms with Crippen LogP contribution in [0, 0.1) is 5.92 Å². The van der Waals surface area contributed by atoms with Gasteiger partial charge in [0.25, 0.3) is 0 Å². The van der Waals surface area contributed by atoms with Gasteiger partial charge in [0.05, 0.1) is 0 Å². The van der Waals surface area contributed by atoms with E-state index >= 15 is 0 Å². The molecule has 1 nitrogen and oxygen atoms in total. The molecule has 1 fully saturated rings. The van der Waals surface area contributed by atoms with Gasteiger partial charge in [-0.3, -0.25) is 4.79 Å². The first kappa shape index (κ1) is 7.77.